The summed E-state index contributed by atoms with van der Waals surface area (Å²) in [7, 11) is 0. The molecule has 1 rings (SSSR count). The van der Waals surface area contributed by atoms with Crippen molar-refractivity contribution >= 4 is 6.09 Å². The van der Waals surface area contributed by atoms with E-state index < -0.39 is 11.7 Å². The first-order valence-corrected chi connectivity index (χ1v) is 8.48. The number of amides is 1. The van der Waals surface area contributed by atoms with Gasteiger partial charge in [-0.2, -0.15) is 5.26 Å². The number of carbonyl (C=O) groups is 1. The zero-order chi connectivity index (χ0) is 18.2. The molecule has 24 heavy (non-hydrogen) atoms. The predicted octanol–water partition coefficient (Wildman–Crippen LogP) is 3.90. The van der Waals surface area contributed by atoms with E-state index in [4.69, 9.17) is 10.00 Å². The maximum absolute atomic E-state index is 11.8. The molecular formula is C19H29N3O2. The molecule has 2 atom stereocenters. The summed E-state index contributed by atoms with van der Waals surface area (Å²) in [6, 6.07) is 9.98. The second-order valence-corrected chi connectivity index (χ2v) is 6.99. The van der Waals surface area contributed by atoms with Crippen LogP contribution in [0.3, 0.4) is 0 Å². The van der Waals surface area contributed by atoms with Gasteiger partial charge in [-0.15, -0.1) is 0 Å². The highest BCUT2D eigenvalue weighted by atomic mass is 16.6. The summed E-state index contributed by atoms with van der Waals surface area (Å²) in [5, 5.41) is 15.2. The molecule has 0 aromatic heterocycles. The zero-order valence-electron chi connectivity index (χ0n) is 15.3. The van der Waals surface area contributed by atoms with Gasteiger partial charge in [-0.25, -0.2) is 4.79 Å². The molecule has 0 saturated heterocycles. The van der Waals surface area contributed by atoms with Crippen LogP contribution >= 0.6 is 0 Å². The van der Waals surface area contributed by atoms with Gasteiger partial charge in [-0.05, 0) is 51.8 Å². The summed E-state index contributed by atoms with van der Waals surface area (Å²) in [4.78, 5) is 11.8. The van der Waals surface area contributed by atoms with Crippen LogP contribution in [0.4, 0.5) is 4.79 Å². The minimum absolute atomic E-state index is 0.134. The molecule has 2 N–H and O–H groups in total. The van der Waals surface area contributed by atoms with Gasteiger partial charge in [-0.1, -0.05) is 25.5 Å². The van der Waals surface area contributed by atoms with Crippen molar-refractivity contribution in [2.75, 3.05) is 6.54 Å². The van der Waals surface area contributed by atoms with Crippen molar-refractivity contribution in [2.24, 2.45) is 0 Å². The molecule has 1 amide bonds. The van der Waals surface area contributed by atoms with Crippen molar-refractivity contribution in [3.8, 4) is 6.07 Å². The topological polar surface area (TPSA) is 74.2 Å². The fourth-order valence-electron chi connectivity index (χ4n) is 2.41. The number of alkyl carbamates (subject to hydrolysis) is 1. The Balaban J connectivity index is 2.58. The number of rotatable bonds is 7. The molecule has 0 radical (unpaired) electrons. The number of ether oxygens (including phenoxy) is 1. The fraction of sp³-hybridized carbons (Fsp3) is 0.579. The molecule has 0 bridgehead atoms. The van der Waals surface area contributed by atoms with Crippen LogP contribution < -0.4 is 10.6 Å². The van der Waals surface area contributed by atoms with E-state index in [0.29, 0.717) is 12.1 Å². The lowest BCUT2D eigenvalue weighted by Crippen LogP contribution is -2.43. The number of nitrogens with zero attached hydrogens (tertiary/aromatic N) is 1. The molecule has 1 aromatic rings. The van der Waals surface area contributed by atoms with E-state index in [1.165, 1.54) is 0 Å². The first-order valence-electron chi connectivity index (χ1n) is 8.48. The molecule has 0 fully saturated rings. The number of hydrogen-bond acceptors (Lipinski definition) is 4. The van der Waals surface area contributed by atoms with Gasteiger partial charge in [0.05, 0.1) is 11.6 Å². The van der Waals surface area contributed by atoms with Crippen molar-refractivity contribution in [3.63, 3.8) is 0 Å². The lowest BCUT2D eigenvalue weighted by Gasteiger charge is -2.25. The summed E-state index contributed by atoms with van der Waals surface area (Å²) < 4.78 is 5.27. The van der Waals surface area contributed by atoms with Crippen molar-refractivity contribution < 1.29 is 9.53 Å². The van der Waals surface area contributed by atoms with Crippen LogP contribution in [-0.2, 0) is 4.74 Å². The summed E-state index contributed by atoms with van der Waals surface area (Å²) in [6.45, 7) is 10.3. The third kappa shape index (κ3) is 7.47. The number of nitriles is 1. The molecule has 0 heterocycles. The van der Waals surface area contributed by atoms with Crippen LogP contribution in [0.25, 0.3) is 0 Å². The van der Waals surface area contributed by atoms with Crippen LogP contribution in [0.1, 0.15) is 64.6 Å². The van der Waals surface area contributed by atoms with Gasteiger partial charge in [0, 0.05) is 18.6 Å². The Hall–Kier alpha value is -2.06. The molecule has 0 spiro atoms. The highest BCUT2D eigenvalue weighted by Gasteiger charge is 2.18. The first-order chi connectivity index (χ1) is 11.2. The van der Waals surface area contributed by atoms with Gasteiger partial charge in [0.1, 0.15) is 5.60 Å². The molecule has 132 valence electrons. The highest BCUT2D eigenvalue weighted by molar-refractivity contribution is 5.67. The Morgan fingerprint density at radius 2 is 1.92 bits per heavy atom. The van der Waals surface area contributed by atoms with E-state index in [1.54, 1.807) is 0 Å². The largest absolute Gasteiger partial charge is 0.444 e. The predicted molar refractivity (Wildman–Crippen MR) is 95.6 cm³/mol. The van der Waals surface area contributed by atoms with Gasteiger partial charge in [0.15, 0.2) is 0 Å². The Kier molecular flexibility index (Phi) is 7.73. The van der Waals surface area contributed by atoms with Gasteiger partial charge >= 0.3 is 6.09 Å². The Labute approximate surface area is 145 Å². The molecule has 0 aliphatic rings. The maximum Gasteiger partial charge on any atom is 0.407 e. The number of nitrogens with one attached hydrogen (secondary N) is 2. The van der Waals surface area contributed by atoms with Crippen LogP contribution in [-0.4, -0.2) is 24.3 Å². The molecule has 5 heteroatoms. The minimum Gasteiger partial charge on any atom is -0.444 e. The standard InChI is InChI=1S/C19H29N3O2/c1-6-7-17(13-21-18(23)24-19(3,4)5)22-14(2)16-10-8-15(12-20)9-11-16/h8-11,14,17,22H,6-7,13H2,1-5H3,(H,21,23). The van der Waals surface area contributed by atoms with Crippen molar-refractivity contribution in [2.45, 2.75) is 65.1 Å². The summed E-state index contributed by atoms with van der Waals surface area (Å²) in [5.74, 6) is 0. The van der Waals surface area contributed by atoms with E-state index in [2.05, 4.69) is 30.6 Å². The van der Waals surface area contributed by atoms with Gasteiger partial charge in [-0.3, -0.25) is 0 Å². The van der Waals surface area contributed by atoms with E-state index in [0.717, 1.165) is 18.4 Å². The zero-order valence-corrected chi connectivity index (χ0v) is 15.3. The number of carbonyl (C=O) groups excluding carboxylic acids is 1. The highest BCUT2D eigenvalue weighted by Crippen LogP contribution is 2.15. The molecule has 5 nitrogen and oxygen atoms in total. The lowest BCUT2D eigenvalue weighted by atomic mass is 10.0. The quantitative estimate of drug-likeness (QED) is 0.794. The van der Waals surface area contributed by atoms with Crippen molar-refractivity contribution in [3.05, 3.63) is 35.4 Å². The summed E-state index contributed by atoms with van der Waals surface area (Å²) in [6.07, 6.45) is 1.58. The minimum atomic E-state index is -0.493. The normalized spacial score (nSPS) is 13.7. The van der Waals surface area contributed by atoms with Crippen molar-refractivity contribution in [1.29, 1.82) is 5.26 Å². The third-order valence-electron chi connectivity index (χ3n) is 3.55. The van der Waals surface area contributed by atoms with Crippen LogP contribution in [0.2, 0.25) is 0 Å². The monoisotopic (exact) mass is 331 g/mol. The Bertz CT molecular complexity index is 555. The van der Waals surface area contributed by atoms with E-state index >= 15 is 0 Å². The molecule has 2 unspecified atom stereocenters. The fourth-order valence-corrected chi connectivity index (χ4v) is 2.41. The van der Waals surface area contributed by atoms with E-state index in [1.807, 2.05) is 45.0 Å². The summed E-state index contributed by atoms with van der Waals surface area (Å²) in [5.41, 5.74) is 1.28. The van der Waals surface area contributed by atoms with E-state index in [9.17, 15) is 4.79 Å². The molecule has 0 aliphatic heterocycles. The second-order valence-electron chi connectivity index (χ2n) is 6.99. The van der Waals surface area contributed by atoms with Gasteiger partial charge in [0.25, 0.3) is 0 Å². The maximum atomic E-state index is 11.8. The lowest BCUT2D eigenvalue weighted by molar-refractivity contribution is 0.0521. The average Bonchev–Trinajstić information content (AvgIpc) is 2.51. The van der Waals surface area contributed by atoms with Gasteiger partial charge < -0.3 is 15.4 Å². The number of hydrogen-bond donors (Lipinski definition) is 2. The first kappa shape index (κ1) is 20.0. The van der Waals surface area contributed by atoms with E-state index in [-0.39, 0.29) is 12.1 Å². The van der Waals surface area contributed by atoms with Crippen LogP contribution in [0, 0.1) is 11.3 Å². The average molecular weight is 331 g/mol. The summed E-state index contributed by atoms with van der Waals surface area (Å²) >= 11 is 0. The van der Waals surface area contributed by atoms with Crippen LogP contribution in [0.15, 0.2) is 24.3 Å². The molecular weight excluding hydrogens is 302 g/mol. The number of benzene rings is 1. The third-order valence-corrected chi connectivity index (χ3v) is 3.55. The molecule has 1 aromatic carbocycles. The van der Waals surface area contributed by atoms with Crippen LogP contribution in [0.5, 0.6) is 0 Å². The Morgan fingerprint density at radius 3 is 2.42 bits per heavy atom. The molecule has 0 saturated carbocycles. The van der Waals surface area contributed by atoms with Gasteiger partial charge in [0.2, 0.25) is 0 Å². The SMILES string of the molecule is CCCC(CNC(=O)OC(C)(C)C)NC(C)c1ccc(C#N)cc1. The molecule has 0 aliphatic carbocycles. The second kappa shape index (κ2) is 9.29. The Morgan fingerprint density at radius 1 is 1.29 bits per heavy atom. The van der Waals surface area contributed by atoms with Crippen molar-refractivity contribution in [1.82, 2.24) is 10.6 Å². The smallest absolute Gasteiger partial charge is 0.407 e.